The van der Waals surface area contributed by atoms with Crippen LogP contribution in [0, 0.1) is 0 Å². The Morgan fingerprint density at radius 2 is 2.00 bits per heavy atom. The SMILES string of the molecule is CCOc1cc(N(Cc2ccc(OC)cc2)S(=O)(=O)N2CCC2)nc(SCc2cscn2)n1. The first kappa shape index (κ1) is 23.7. The van der Waals surface area contributed by atoms with Crippen LogP contribution in [0.15, 0.2) is 46.4 Å². The van der Waals surface area contributed by atoms with E-state index in [-0.39, 0.29) is 12.4 Å². The minimum atomic E-state index is -3.77. The molecule has 4 rings (SSSR count). The summed E-state index contributed by atoms with van der Waals surface area (Å²) in [5.41, 5.74) is 3.50. The number of anilines is 1. The Hall–Kier alpha value is -2.41. The normalized spacial score (nSPS) is 14.0. The number of benzene rings is 1. The summed E-state index contributed by atoms with van der Waals surface area (Å²) in [6.45, 7) is 3.38. The van der Waals surface area contributed by atoms with Crippen LogP contribution in [-0.2, 0) is 22.5 Å². The largest absolute Gasteiger partial charge is 0.497 e. The quantitative estimate of drug-likeness (QED) is 0.287. The predicted octanol–water partition coefficient (Wildman–Crippen LogP) is 3.59. The van der Waals surface area contributed by atoms with Crippen molar-refractivity contribution in [3.05, 3.63) is 52.5 Å². The highest BCUT2D eigenvalue weighted by Crippen LogP contribution is 2.30. The van der Waals surface area contributed by atoms with Crippen molar-refractivity contribution < 1.29 is 17.9 Å². The van der Waals surface area contributed by atoms with Crippen molar-refractivity contribution in [1.29, 1.82) is 0 Å². The summed E-state index contributed by atoms with van der Waals surface area (Å²) in [6, 6.07) is 8.90. The van der Waals surface area contributed by atoms with Gasteiger partial charge in [0.25, 0.3) is 0 Å². The Morgan fingerprint density at radius 3 is 2.61 bits per heavy atom. The summed E-state index contributed by atoms with van der Waals surface area (Å²) in [5, 5.41) is 2.40. The van der Waals surface area contributed by atoms with Gasteiger partial charge in [0.05, 0.1) is 31.5 Å². The Labute approximate surface area is 202 Å². The molecule has 0 N–H and O–H groups in total. The number of hydrogen-bond donors (Lipinski definition) is 0. The molecule has 0 bridgehead atoms. The van der Waals surface area contributed by atoms with Gasteiger partial charge in [-0.1, -0.05) is 23.9 Å². The van der Waals surface area contributed by atoms with E-state index >= 15 is 0 Å². The van der Waals surface area contributed by atoms with Gasteiger partial charge in [0.15, 0.2) is 11.0 Å². The minimum Gasteiger partial charge on any atom is -0.497 e. The Kier molecular flexibility index (Phi) is 7.68. The summed E-state index contributed by atoms with van der Waals surface area (Å²) in [6.07, 6.45) is 0.846. The summed E-state index contributed by atoms with van der Waals surface area (Å²) < 4.78 is 40.6. The van der Waals surface area contributed by atoms with Crippen molar-refractivity contribution in [3.63, 3.8) is 0 Å². The molecule has 1 saturated heterocycles. The zero-order valence-electron chi connectivity index (χ0n) is 18.4. The van der Waals surface area contributed by atoms with E-state index in [0.29, 0.717) is 42.2 Å². The first-order chi connectivity index (χ1) is 16.0. The van der Waals surface area contributed by atoms with Gasteiger partial charge in [-0.3, -0.25) is 0 Å². The number of methoxy groups -OCH3 is 1. The molecular weight excluding hydrogens is 482 g/mol. The average Bonchev–Trinajstić information content (AvgIpc) is 3.28. The molecule has 0 aliphatic carbocycles. The highest BCUT2D eigenvalue weighted by Gasteiger charge is 2.35. The monoisotopic (exact) mass is 507 g/mol. The third kappa shape index (κ3) is 5.75. The van der Waals surface area contributed by atoms with Crippen LogP contribution >= 0.6 is 23.1 Å². The van der Waals surface area contributed by atoms with Crippen molar-refractivity contribution in [2.24, 2.45) is 0 Å². The predicted molar refractivity (Wildman–Crippen MR) is 129 cm³/mol. The summed E-state index contributed by atoms with van der Waals surface area (Å²) >= 11 is 2.91. The van der Waals surface area contributed by atoms with E-state index in [0.717, 1.165) is 17.7 Å². The van der Waals surface area contributed by atoms with Gasteiger partial charge in [-0.25, -0.2) is 14.3 Å². The maximum Gasteiger partial charge on any atom is 0.305 e. The maximum atomic E-state index is 13.5. The van der Waals surface area contributed by atoms with E-state index in [1.54, 1.807) is 18.7 Å². The van der Waals surface area contributed by atoms with Crippen molar-refractivity contribution in [2.45, 2.75) is 30.8 Å². The van der Waals surface area contributed by atoms with Gasteiger partial charge >= 0.3 is 10.2 Å². The topological polar surface area (TPSA) is 97.8 Å². The molecule has 3 heterocycles. The number of thioether (sulfide) groups is 1. The smallest absolute Gasteiger partial charge is 0.305 e. The lowest BCUT2D eigenvalue weighted by Gasteiger charge is -2.35. The van der Waals surface area contributed by atoms with E-state index in [1.165, 1.54) is 31.7 Å². The molecular formula is C21H25N5O4S3. The lowest BCUT2D eigenvalue weighted by Crippen LogP contribution is -2.50. The zero-order valence-corrected chi connectivity index (χ0v) is 20.8. The molecule has 12 heteroatoms. The van der Waals surface area contributed by atoms with Crippen LogP contribution in [0.2, 0.25) is 0 Å². The van der Waals surface area contributed by atoms with E-state index in [4.69, 9.17) is 9.47 Å². The van der Waals surface area contributed by atoms with Crippen LogP contribution in [0.3, 0.4) is 0 Å². The standard InChI is InChI=1S/C21H25N5O4S3/c1-3-30-20-11-19(23-21(24-20)32-14-17-13-31-15-22-17)26(33(27,28)25-9-4-10-25)12-16-5-7-18(29-2)8-6-16/h5-8,11,13,15H,3-4,9-10,12,14H2,1-2H3. The Morgan fingerprint density at radius 1 is 1.21 bits per heavy atom. The second-order valence-electron chi connectivity index (χ2n) is 7.16. The van der Waals surface area contributed by atoms with Crippen LogP contribution in [0.4, 0.5) is 5.82 Å². The molecule has 0 saturated carbocycles. The molecule has 0 amide bonds. The molecule has 0 radical (unpaired) electrons. The molecule has 3 aromatic rings. The molecule has 33 heavy (non-hydrogen) atoms. The minimum absolute atomic E-state index is 0.127. The van der Waals surface area contributed by atoms with Crippen molar-refractivity contribution in [1.82, 2.24) is 19.3 Å². The molecule has 1 aliphatic heterocycles. The second kappa shape index (κ2) is 10.7. The molecule has 0 spiro atoms. The number of nitrogens with zero attached hydrogens (tertiary/aromatic N) is 5. The van der Waals surface area contributed by atoms with E-state index in [2.05, 4.69) is 15.0 Å². The summed E-state index contributed by atoms with van der Waals surface area (Å²) in [7, 11) is -2.17. The van der Waals surface area contributed by atoms with Gasteiger partial charge < -0.3 is 9.47 Å². The van der Waals surface area contributed by atoms with Crippen molar-refractivity contribution in [2.75, 3.05) is 31.1 Å². The third-order valence-electron chi connectivity index (χ3n) is 4.95. The maximum absolute atomic E-state index is 13.5. The number of rotatable bonds is 11. The van der Waals surface area contributed by atoms with Gasteiger partial charge in [0.1, 0.15) is 5.75 Å². The number of aromatic nitrogens is 3. The van der Waals surface area contributed by atoms with E-state index in [9.17, 15) is 8.42 Å². The fourth-order valence-electron chi connectivity index (χ4n) is 3.09. The third-order valence-corrected chi connectivity index (χ3v) is 8.36. The molecule has 0 atom stereocenters. The van der Waals surface area contributed by atoms with Gasteiger partial charge in [0, 0.05) is 30.3 Å². The van der Waals surface area contributed by atoms with Crippen LogP contribution in [0.25, 0.3) is 0 Å². The summed E-state index contributed by atoms with van der Waals surface area (Å²) in [4.78, 5) is 13.3. The van der Waals surface area contributed by atoms with E-state index in [1.807, 2.05) is 36.6 Å². The van der Waals surface area contributed by atoms with Crippen LogP contribution in [-0.4, -0.2) is 54.5 Å². The Bertz CT molecular complexity index is 1150. The van der Waals surface area contributed by atoms with Crippen molar-refractivity contribution >= 4 is 39.1 Å². The molecule has 1 aliphatic rings. The highest BCUT2D eigenvalue weighted by molar-refractivity contribution is 7.98. The number of hydrogen-bond acceptors (Lipinski definition) is 9. The average molecular weight is 508 g/mol. The first-order valence-corrected chi connectivity index (χ1v) is 13.7. The molecule has 176 valence electrons. The lowest BCUT2D eigenvalue weighted by atomic mass is 10.2. The first-order valence-electron chi connectivity index (χ1n) is 10.4. The van der Waals surface area contributed by atoms with Crippen LogP contribution < -0.4 is 13.8 Å². The van der Waals surface area contributed by atoms with E-state index < -0.39 is 10.2 Å². The lowest BCUT2D eigenvalue weighted by molar-refractivity contribution is 0.307. The summed E-state index contributed by atoms with van der Waals surface area (Å²) in [5.74, 6) is 1.90. The fourth-order valence-corrected chi connectivity index (χ4v) is 6.14. The second-order valence-corrected chi connectivity index (χ2v) is 10.7. The van der Waals surface area contributed by atoms with Crippen molar-refractivity contribution in [3.8, 4) is 11.6 Å². The Balaban J connectivity index is 1.69. The van der Waals surface area contributed by atoms with Gasteiger partial charge in [-0.2, -0.15) is 17.7 Å². The van der Waals surface area contributed by atoms with Gasteiger partial charge in [0.2, 0.25) is 5.88 Å². The number of ether oxygens (including phenoxy) is 2. The number of thiazole rings is 1. The highest BCUT2D eigenvalue weighted by atomic mass is 32.2. The fraction of sp³-hybridized carbons (Fsp3) is 0.381. The molecule has 9 nitrogen and oxygen atoms in total. The van der Waals surface area contributed by atoms with Gasteiger partial charge in [-0.05, 0) is 31.0 Å². The molecule has 0 unspecified atom stereocenters. The molecule has 2 aromatic heterocycles. The van der Waals surface area contributed by atoms with Crippen LogP contribution in [0.5, 0.6) is 11.6 Å². The van der Waals surface area contributed by atoms with Gasteiger partial charge in [-0.15, -0.1) is 11.3 Å². The zero-order chi connectivity index (χ0) is 23.3. The van der Waals surface area contributed by atoms with Crippen LogP contribution in [0.1, 0.15) is 24.6 Å². The molecule has 1 aromatic carbocycles. The molecule has 1 fully saturated rings.